The third-order valence-corrected chi connectivity index (χ3v) is 2.83. The quantitative estimate of drug-likeness (QED) is 0.783. The molecule has 0 aliphatic rings. The molecule has 0 saturated heterocycles. The fraction of sp³-hybridized carbons (Fsp3) is 0.500. The van der Waals surface area contributed by atoms with Crippen LogP contribution in [0, 0.1) is 0 Å². The van der Waals surface area contributed by atoms with Gasteiger partial charge in [0, 0.05) is 16.6 Å². The molecule has 0 heterocycles. The van der Waals surface area contributed by atoms with Gasteiger partial charge < -0.3 is 14.8 Å². The molecule has 0 aromatic heterocycles. The van der Waals surface area contributed by atoms with Crippen LogP contribution in [0.3, 0.4) is 0 Å². The van der Waals surface area contributed by atoms with Gasteiger partial charge in [-0.1, -0.05) is 18.5 Å². The van der Waals surface area contributed by atoms with Crippen LogP contribution in [0.15, 0.2) is 18.2 Å². The molecule has 1 N–H and O–H groups in total. The number of ether oxygens (including phenoxy) is 2. The smallest absolute Gasteiger partial charge is 0.344 e. The van der Waals surface area contributed by atoms with Gasteiger partial charge in [0.15, 0.2) is 6.61 Å². The van der Waals surface area contributed by atoms with Gasteiger partial charge in [-0.15, -0.1) is 0 Å². The van der Waals surface area contributed by atoms with Crippen LogP contribution in [0.5, 0.6) is 5.75 Å². The van der Waals surface area contributed by atoms with Crippen LogP contribution < -0.4 is 10.1 Å². The molecule has 0 aliphatic carbocycles. The van der Waals surface area contributed by atoms with E-state index in [0.29, 0.717) is 17.4 Å². The van der Waals surface area contributed by atoms with Crippen LogP contribution in [0.25, 0.3) is 0 Å². The maximum atomic E-state index is 11.3. The normalized spacial score (nSPS) is 12.0. The van der Waals surface area contributed by atoms with E-state index in [9.17, 15) is 4.79 Å². The molecule has 1 rings (SSSR count). The molecule has 106 valence electrons. The number of esters is 1. The van der Waals surface area contributed by atoms with Crippen molar-refractivity contribution in [2.45, 2.75) is 26.8 Å². The summed E-state index contributed by atoms with van der Waals surface area (Å²) in [5.74, 6) is 0.269. The second-order valence-electron chi connectivity index (χ2n) is 4.06. The Bertz CT molecular complexity index is 423. The van der Waals surface area contributed by atoms with Crippen molar-refractivity contribution in [1.82, 2.24) is 5.32 Å². The van der Waals surface area contributed by atoms with Crippen molar-refractivity contribution in [3.05, 3.63) is 28.8 Å². The topological polar surface area (TPSA) is 47.6 Å². The molecule has 5 heteroatoms. The predicted octanol–water partition coefficient (Wildman–Crippen LogP) is 2.95. The minimum atomic E-state index is -0.375. The van der Waals surface area contributed by atoms with Gasteiger partial charge >= 0.3 is 5.97 Å². The highest BCUT2D eigenvalue weighted by Crippen LogP contribution is 2.28. The first-order valence-electron chi connectivity index (χ1n) is 6.39. The Labute approximate surface area is 119 Å². The van der Waals surface area contributed by atoms with Gasteiger partial charge in [-0.05, 0) is 38.6 Å². The number of rotatable bonds is 7. The zero-order valence-corrected chi connectivity index (χ0v) is 12.3. The number of benzene rings is 1. The van der Waals surface area contributed by atoms with E-state index in [2.05, 4.69) is 5.32 Å². The lowest BCUT2D eigenvalue weighted by atomic mass is 10.1. The fourth-order valence-electron chi connectivity index (χ4n) is 1.74. The Balaban J connectivity index is 2.78. The van der Waals surface area contributed by atoms with E-state index < -0.39 is 0 Å². The molecule has 0 amide bonds. The molecule has 0 saturated carbocycles. The number of carbonyl (C=O) groups is 1. The predicted molar refractivity (Wildman–Crippen MR) is 75.7 cm³/mol. The van der Waals surface area contributed by atoms with E-state index in [-0.39, 0.29) is 18.6 Å². The molecule has 4 nitrogen and oxygen atoms in total. The molecular weight excluding hydrogens is 266 g/mol. The van der Waals surface area contributed by atoms with Gasteiger partial charge in [0.25, 0.3) is 0 Å². The van der Waals surface area contributed by atoms with Crippen LogP contribution in [0.4, 0.5) is 0 Å². The number of halogens is 1. The number of hydrogen-bond donors (Lipinski definition) is 1. The lowest BCUT2D eigenvalue weighted by molar-refractivity contribution is -0.145. The second kappa shape index (κ2) is 8.02. The Morgan fingerprint density at radius 2 is 2.16 bits per heavy atom. The first-order valence-corrected chi connectivity index (χ1v) is 6.77. The van der Waals surface area contributed by atoms with Crippen LogP contribution in [0.2, 0.25) is 5.02 Å². The van der Waals surface area contributed by atoms with E-state index in [1.54, 1.807) is 19.1 Å². The number of carbonyl (C=O) groups excluding carboxylic acids is 1. The maximum absolute atomic E-state index is 11.3. The van der Waals surface area contributed by atoms with Crippen LogP contribution in [-0.4, -0.2) is 25.7 Å². The molecule has 0 bridgehead atoms. The molecule has 1 unspecified atom stereocenters. The van der Waals surface area contributed by atoms with Gasteiger partial charge in [0.2, 0.25) is 0 Å². The summed E-state index contributed by atoms with van der Waals surface area (Å²) in [7, 11) is 0. The first kappa shape index (κ1) is 15.8. The van der Waals surface area contributed by atoms with Crippen molar-refractivity contribution < 1.29 is 14.3 Å². The molecule has 1 aromatic rings. The lowest BCUT2D eigenvalue weighted by Crippen LogP contribution is -2.20. The molecule has 0 fully saturated rings. The minimum absolute atomic E-state index is 0.0959. The Hall–Kier alpha value is -1.26. The summed E-state index contributed by atoms with van der Waals surface area (Å²) in [6.45, 7) is 6.90. The van der Waals surface area contributed by atoms with Crippen molar-refractivity contribution in [3.63, 3.8) is 0 Å². The largest absolute Gasteiger partial charge is 0.482 e. The van der Waals surface area contributed by atoms with Crippen molar-refractivity contribution >= 4 is 17.6 Å². The first-order chi connectivity index (χ1) is 9.08. The molecule has 0 radical (unpaired) electrons. The molecule has 0 spiro atoms. The Kier molecular flexibility index (Phi) is 6.67. The Morgan fingerprint density at radius 3 is 2.79 bits per heavy atom. The van der Waals surface area contributed by atoms with Crippen molar-refractivity contribution in [3.8, 4) is 5.75 Å². The maximum Gasteiger partial charge on any atom is 0.344 e. The van der Waals surface area contributed by atoms with Gasteiger partial charge in [0.05, 0.1) is 6.61 Å². The summed E-state index contributed by atoms with van der Waals surface area (Å²) in [6.07, 6.45) is 0. The number of nitrogens with one attached hydrogen (secondary N) is 1. The van der Waals surface area contributed by atoms with E-state index in [0.717, 1.165) is 12.1 Å². The van der Waals surface area contributed by atoms with Crippen LogP contribution in [0.1, 0.15) is 32.4 Å². The lowest BCUT2D eigenvalue weighted by Gasteiger charge is -2.17. The van der Waals surface area contributed by atoms with Gasteiger partial charge in [-0.3, -0.25) is 0 Å². The van der Waals surface area contributed by atoms with E-state index in [1.807, 2.05) is 19.9 Å². The van der Waals surface area contributed by atoms with Crippen LogP contribution >= 0.6 is 11.6 Å². The minimum Gasteiger partial charge on any atom is -0.482 e. The third kappa shape index (κ3) is 5.09. The Morgan fingerprint density at radius 1 is 1.42 bits per heavy atom. The highest BCUT2D eigenvalue weighted by atomic mass is 35.5. The SMILES string of the molecule is CCNC(C)c1cc(Cl)ccc1OCC(=O)OCC. The average Bonchev–Trinajstić information content (AvgIpc) is 2.38. The summed E-state index contributed by atoms with van der Waals surface area (Å²) >= 11 is 6.00. The summed E-state index contributed by atoms with van der Waals surface area (Å²) in [6, 6.07) is 5.45. The van der Waals surface area contributed by atoms with Crippen molar-refractivity contribution in [2.75, 3.05) is 19.8 Å². The highest BCUT2D eigenvalue weighted by molar-refractivity contribution is 6.30. The summed E-state index contributed by atoms with van der Waals surface area (Å²) < 4.78 is 10.3. The average molecular weight is 286 g/mol. The monoisotopic (exact) mass is 285 g/mol. The van der Waals surface area contributed by atoms with E-state index >= 15 is 0 Å². The van der Waals surface area contributed by atoms with E-state index in [1.165, 1.54) is 0 Å². The standard InChI is InChI=1S/C14H20ClNO3/c1-4-16-10(3)12-8-11(15)6-7-13(12)19-9-14(17)18-5-2/h6-8,10,16H,4-5,9H2,1-3H3. The highest BCUT2D eigenvalue weighted by Gasteiger charge is 2.13. The van der Waals surface area contributed by atoms with Crippen LogP contribution in [-0.2, 0) is 9.53 Å². The zero-order chi connectivity index (χ0) is 14.3. The van der Waals surface area contributed by atoms with Gasteiger partial charge in [0.1, 0.15) is 5.75 Å². The summed E-state index contributed by atoms with van der Waals surface area (Å²) in [4.78, 5) is 11.3. The second-order valence-corrected chi connectivity index (χ2v) is 4.49. The van der Waals surface area contributed by atoms with E-state index in [4.69, 9.17) is 21.1 Å². The van der Waals surface area contributed by atoms with Crippen molar-refractivity contribution in [1.29, 1.82) is 0 Å². The molecule has 0 aliphatic heterocycles. The molecule has 1 aromatic carbocycles. The zero-order valence-electron chi connectivity index (χ0n) is 11.5. The fourth-order valence-corrected chi connectivity index (χ4v) is 1.93. The third-order valence-electron chi connectivity index (χ3n) is 2.60. The summed E-state index contributed by atoms with van der Waals surface area (Å²) in [5, 5.41) is 3.93. The molecular formula is C14H20ClNO3. The molecule has 1 atom stereocenters. The molecule has 19 heavy (non-hydrogen) atoms. The van der Waals surface area contributed by atoms with Gasteiger partial charge in [-0.25, -0.2) is 4.79 Å². The summed E-state index contributed by atoms with van der Waals surface area (Å²) in [5.41, 5.74) is 0.929. The number of hydrogen-bond acceptors (Lipinski definition) is 4. The van der Waals surface area contributed by atoms with Gasteiger partial charge in [-0.2, -0.15) is 0 Å². The van der Waals surface area contributed by atoms with Crippen molar-refractivity contribution in [2.24, 2.45) is 0 Å².